The number of hydrogen-bond acceptors (Lipinski definition) is 6. The molecule has 0 aromatic heterocycles. The molecule has 2 unspecified atom stereocenters. The molecule has 1 aromatic rings. The number of hydrogen-bond donors (Lipinski definition) is 0. The summed E-state index contributed by atoms with van der Waals surface area (Å²) < 4.78 is 0. The van der Waals surface area contributed by atoms with Crippen LogP contribution in [0, 0.1) is 23.2 Å². The van der Waals surface area contributed by atoms with E-state index in [1.165, 1.54) is 13.5 Å². The minimum absolute atomic E-state index is 0.290. The van der Waals surface area contributed by atoms with Gasteiger partial charge in [-0.15, -0.1) is 0 Å². The van der Waals surface area contributed by atoms with Gasteiger partial charge in [0, 0.05) is 17.9 Å². The van der Waals surface area contributed by atoms with E-state index >= 15 is 0 Å². The second-order valence-electron chi connectivity index (χ2n) is 5.35. The van der Waals surface area contributed by atoms with E-state index in [1.54, 1.807) is 12.1 Å². The van der Waals surface area contributed by atoms with Gasteiger partial charge < -0.3 is 14.4 Å². The highest BCUT2D eigenvalue weighted by Gasteiger charge is 2.21. The number of benzene rings is 1. The molecular weight excluding hydrogens is 344 g/mol. The first-order chi connectivity index (χ1) is 13.1. The van der Waals surface area contributed by atoms with Crippen molar-refractivity contribution in [2.75, 3.05) is 7.11 Å². The molecule has 6 nitrogen and oxygen atoms in total. The highest BCUT2D eigenvalue weighted by atomic mass is 16.6. The van der Waals surface area contributed by atoms with E-state index in [-0.39, 0.29) is 5.71 Å². The summed E-state index contributed by atoms with van der Waals surface area (Å²) >= 11 is 0. The van der Waals surface area contributed by atoms with Crippen LogP contribution in [-0.4, -0.2) is 32.2 Å². The van der Waals surface area contributed by atoms with Crippen LogP contribution in [0.2, 0.25) is 0 Å². The zero-order valence-corrected chi connectivity index (χ0v) is 17.1. The third-order valence-corrected chi connectivity index (χ3v) is 3.53. The summed E-state index contributed by atoms with van der Waals surface area (Å²) in [6.45, 7) is 12.2. The lowest BCUT2D eigenvalue weighted by molar-refractivity contribution is -0.125. The summed E-state index contributed by atoms with van der Waals surface area (Å²) in [5.41, 5.74) is 1.06. The normalized spacial score (nSPS) is 17.5. The average molecular weight is 376 g/mol. The molecule has 0 amide bonds. The van der Waals surface area contributed by atoms with Gasteiger partial charge in [-0.05, 0) is 18.8 Å². The van der Waals surface area contributed by atoms with Crippen LogP contribution < -0.4 is 0 Å². The molecule has 150 valence electrons. The average Bonchev–Trinajstić information content (AvgIpc) is 2.75. The van der Waals surface area contributed by atoms with Gasteiger partial charge in [-0.2, -0.15) is 5.26 Å². The quantitative estimate of drug-likeness (QED) is 0.568. The minimum atomic E-state index is 0.290. The van der Waals surface area contributed by atoms with Gasteiger partial charge in [0.15, 0.2) is 5.71 Å². The monoisotopic (exact) mass is 376 g/mol. The van der Waals surface area contributed by atoms with Gasteiger partial charge in [0.2, 0.25) is 0 Å². The van der Waals surface area contributed by atoms with E-state index < -0.39 is 0 Å². The molecule has 27 heavy (non-hydrogen) atoms. The summed E-state index contributed by atoms with van der Waals surface area (Å²) in [5, 5.41) is 12.2. The van der Waals surface area contributed by atoms with Gasteiger partial charge >= 0.3 is 0 Å². The van der Waals surface area contributed by atoms with Crippen LogP contribution in [0.5, 0.6) is 0 Å². The van der Waals surface area contributed by atoms with Gasteiger partial charge in [0.25, 0.3) is 0 Å². The highest BCUT2D eigenvalue weighted by Crippen LogP contribution is 2.24. The minimum Gasteiger partial charge on any atom is -0.398 e. The number of carbonyl (C=O) groups excluding carboxylic acids is 3. The van der Waals surface area contributed by atoms with Crippen LogP contribution >= 0.6 is 0 Å². The first-order valence-corrected chi connectivity index (χ1v) is 8.75. The lowest BCUT2D eigenvalue weighted by Crippen LogP contribution is -2.20. The van der Waals surface area contributed by atoms with Crippen LogP contribution in [0.1, 0.15) is 52.5 Å². The van der Waals surface area contributed by atoms with Crippen molar-refractivity contribution in [3.63, 3.8) is 0 Å². The number of carbonyl (C=O) groups is 3. The van der Waals surface area contributed by atoms with Crippen molar-refractivity contribution >= 4 is 25.1 Å². The summed E-state index contributed by atoms with van der Waals surface area (Å²) in [5.74, 6) is 1.46. The molecule has 0 radical (unpaired) electrons. The third kappa shape index (κ3) is 14.1. The second-order valence-corrected chi connectivity index (χ2v) is 5.35. The molecule has 6 heteroatoms. The second kappa shape index (κ2) is 21.2. The Kier molecular flexibility index (Phi) is 22.8. The van der Waals surface area contributed by atoms with Crippen molar-refractivity contribution in [1.82, 2.24) is 0 Å². The Morgan fingerprint density at radius 3 is 2.00 bits per heavy atom. The molecule has 0 heterocycles. The molecule has 1 fully saturated rings. The zero-order valence-electron chi connectivity index (χ0n) is 17.1. The van der Waals surface area contributed by atoms with Crippen molar-refractivity contribution in [1.29, 1.82) is 5.26 Å². The van der Waals surface area contributed by atoms with E-state index in [2.05, 4.69) is 16.9 Å². The number of oxime groups is 1. The number of Topliss-reactive ketones (excluding diaryl/α,β-unsaturated/α-hetero) is 1. The standard InChI is InChI=1S/C9H8N2O.C8H14O.C2H6.2CH2O/c1-12-11-9(7-10)8-5-3-2-4-6-8;1-6-3-4-7(2)8(9)5-6;3*1-2/h2-6H,1H3;6-7H,3-5H2,1-2H3;1-2H3;2*1H2/b11-9+;;;;. The smallest absolute Gasteiger partial charge is 0.186 e. The Balaban J connectivity index is -0.000000341. The Bertz CT molecular complexity index is 551. The van der Waals surface area contributed by atoms with Crippen LogP contribution in [0.15, 0.2) is 35.5 Å². The Morgan fingerprint density at radius 1 is 1.11 bits per heavy atom. The maximum absolute atomic E-state index is 11.0. The molecule has 0 N–H and O–H groups in total. The Hall–Kier alpha value is -2.81. The van der Waals surface area contributed by atoms with E-state index in [9.17, 15) is 4.79 Å². The van der Waals surface area contributed by atoms with Gasteiger partial charge in [0.1, 0.15) is 32.5 Å². The fraction of sp³-hybridized carbons (Fsp3) is 0.476. The summed E-state index contributed by atoms with van der Waals surface area (Å²) in [4.78, 5) is 31.5. The van der Waals surface area contributed by atoms with Crippen LogP contribution in [0.3, 0.4) is 0 Å². The fourth-order valence-electron chi connectivity index (χ4n) is 2.17. The summed E-state index contributed by atoms with van der Waals surface area (Å²) in [7, 11) is 1.42. The van der Waals surface area contributed by atoms with E-state index in [0.29, 0.717) is 17.6 Å². The highest BCUT2D eigenvalue weighted by molar-refractivity contribution is 6.11. The topological polar surface area (TPSA) is 96.6 Å². The first kappa shape index (κ1) is 29.0. The number of nitriles is 1. The van der Waals surface area contributed by atoms with Crippen LogP contribution in [-0.2, 0) is 19.2 Å². The number of nitrogens with zero attached hydrogens (tertiary/aromatic N) is 2. The van der Waals surface area contributed by atoms with Crippen molar-refractivity contribution in [2.24, 2.45) is 17.0 Å². The van der Waals surface area contributed by atoms with E-state index in [1.807, 2.05) is 58.6 Å². The summed E-state index contributed by atoms with van der Waals surface area (Å²) in [6, 6.07) is 11.1. The molecule has 0 bridgehead atoms. The molecule has 2 rings (SSSR count). The molecule has 2 atom stereocenters. The summed E-state index contributed by atoms with van der Waals surface area (Å²) in [6.07, 6.45) is 3.17. The SMILES string of the molecule is C=O.C=O.CC.CC1CCC(C)C(=O)C1.CO/N=C(\C#N)c1ccccc1. The van der Waals surface area contributed by atoms with Crippen molar-refractivity contribution in [2.45, 2.75) is 47.0 Å². The maximum Gasteiger partial charge on any atom is 0.186 e. The number of ketones is 1. The molecular formula is C21H32N2O4. The predicted octanol–water partition coefficient (Wildman–Crippen LogP) is 4.23. The third-order valence-electron chi connectivity index (χ3n) is 3.53. The van der Waals surface area contributed by atoms with Crippen LogP contribution in [0.4, 0.5) is 0 Å². The molecule has 0 aliphatic heterocycles. The molecule has 1 aromatic carbocycles. The zero-order chi connectivity index (χ0) is 21.7. The molecule has 0 spiro atoms. The lowest BCUT2D eigenvalue weighted by atomic mass is 9.83. The molecule has 1 aliphatic rings. The van der Waals surface area contributed by atoms with Gasteiger partial charge in [-0.3, -0.25) is 4.79 Å². The lowest BCUT2D eigenvalue weighted by Gasteiger charge is -2.21. The number of rotatable bonds is 2. The van der Waals surface area contributed by atoms with Crippen molar-refractivity contribution in [3.8, 4) is 6.07 Å². The van der Waals surface area contributed by atoms with E-state index in [4.69, 9.17) is 14.9 Å². The molecule has 0 saturated heterocycles. The van der Waals surface area contributed by atoms with Crippen LogP contribution in [0.25, 0.3) is 0 Å². The largest absolute Gasteiger partial charge is 0.398 e. The molecule has 1 saturated carbocycles. The predicted molar refractivity (Wildman–Crippen MR) is 108 cm³/mol. The van der Waals surface area contributed by atoms with Gasteiger partial charge in [0.05, 0.1) is 0 Å². The van der Waals surface area contributed by atoms with E-state index in [0.717, 1.165) is 18.4 Å². The van der Waals surface area contributed by atoms with Gasteiger partial charge in [-0.25, -0.2) is 0 Å². The Labute approximate surface area is 163 Å². The first-order valence-electron chi connectivity index (χ1n) is 8.75. The van der Waals surface area contributed by atoms with Gasteiger partial charge in [-0.1, -0.05) is 63.2 Å². The van der Waals surface area contributed by atoms with Crippen molar-refractivity contribution in [3.05, 3.63) is 35.9 Å². The molecule has 1 aliphatic carbocycles. The Morgan fingerprint density at radius 2 is 1.63 bits per heavy atom. The fourth-order valence-corrected chi connectivity index (χ4v) is 2.17. The maximum atomic E-state index is 11.0. The van der Waals surface area contributed by atoms with Crippen molar-refractivity contribution < 1.29 is 19.2 Å².